The van der Waals surface area contributed by atoms with Gasteiger partial charge in [-0.2, -0.15) is 26.3 Å². The fourth-order valence-electron chi connectivity index (χ4n) is 5.17. The molecular formula is C26H30F6N4O2. The van der Waals surface area contributed by atoms with E-state index in [1.54, 1.807) is 7.11 Å². The summed E-state index contributed by atoms with van der Waals surface area (Å²) in [5, 5.41) is 3.62. The number of benzene rings is 1. The molecule has 0 unspecified atom stereocenters. The van der Waals surface area contributed by atoms with Crippen molar-refractivity contribution in [2.45, 2.75) is 75.5 Å². The number of amides is 1. The van der Waals surface area contributed by atoms with Gasteiger partial charge in [0, 0.05) is 44.4 Å². The van der Waals surface area contributed by atoms with E-state index in [0.717, 1.165) is 43.9 Å². The zero-order valence-electron chi connectivity index (χ0n) is 20.9. The Bertz CT molecular complexity index is 1120. The van der Waals surface area contributed by atoms with E-state index in [1.807, 2.05) is 0 Å². The molecule has 1 N–H and O–H groups in total. The standard InChI is InChI=1S/C26H30F6N4O2/c1-38-22-8-3-2-7-20(22)33-18-9-11-36(12-10-18)23(37)21-15-19(34-24(35-21)26(30,31)32)14-16-5-4-6-17(13-16)25(27,28)29/h4-6,13,15,18,20,22,33H,2-3,7-12,14H2,1H3/t20-,22+/m1/s1. The topological polar surface area (TPSA) is 67.3 Å². The van der Waals surface area contributed by atoms with Gasteiger partial charge in [0.2, 0.25) is 5.82 Å². The van der Waals surface area contributed by atoms with Gasteiger partial charge in [0.25, 0.3) is 5.91 Å². The number of rotatable bonds is 6. The van der Waals surface area contributed by atoms with Crippen molar-refractivity contribution in [2.24, 2.45) is 0 Å². The van der Waals surface area contributed by atoms with Crippen molar-refractivity contribution in [2.75, 3.05) is 20.2 Å². The Kier molecular flexibility index (Phi) is 8.61. The molecule has 208 valence electrons. The Balaban J connectivity index is 1.47. The van der Waals surface area contributed by atoms with E-state index in [4.69, 9.17) is 4.74 Å². The van der Waals surface area contributed by atoms with Crippen LogP contribution in [0.5, 0.6) is 0 Å². The van der Waals surface area contributed by atoms with Crippen LogP contribution in [0.2, 0.25) is 0 Å². The van der Waals surface area contributed by atoms with Crippen molar-refractivity contribution >= 4 is 5.91 Å². The maximum Gasteiger partial charge on any atom is 0.451 e. The first-order chi connectivity index (χ1) is 17.9. The van der Waals surface area contributed by atoms with Crippen LogP contribution in [-0.4, -0.2) is 59.2 Å². The van der Waals surface area contributed by atoms with Gasteiger partial charge < -0.3 is 15.0 Å². The SMILES string of the molecule is CO[C@H]1CCCC[C@H]1NC1CCN(C(=O)c2cc(Cc3cccc(C(F)(F)F)c3)nc(C(F)(F)F)n2)CC1. The summed E-state index contributed by atoms with van der Waals surface area (Å²) >= 11 is 0. The molecule has 2 heterocycles. The smallest absolute Gasteiger partial charge is 0.380 e. The van der Waals surface area contributed by atoms with Crippen LogP contribution in [-0.2, 0) is 23.5 Å². The number of hydrogen-bond donors (Lipinski definition) is 1. The maximum absolute atomic E-state index is 13.5. The monoisotopic (exact) mass is 544 g/mol. The van der Waals surface area contributed by atoms with Crippen LogP contribution in [0.4, 0.5) is 26.3 Å². The first-order valence-corrected chi connectivity index (χ1v) is 12.6. The molecule has 12 heteroatoms. The predicted molar refractivity (Wildman–Crippen MR) is 126 cm³/mol. The number of halogens is 6. The Hall–Kier alpha value is -2.73. The number of nitrogens with zero attached hydrogens (tertiary/aromatic N) is 3. The number of ether oxygens (including phenoxy) is 1. The van der Waals surface area contributed by atoms with Gasteiger partial charge in [-0.15, -0.1) is 0 Å². The average molecular weight is 545 g/mol. The van der Waals surface area contributed by atoms with E-state index in [-0.39, 0.29) is 35.9 Å². The molecular weight excluding hydrogens is 514 g/mol. The number of nitrogens with one attached hydrogen (secondary N) is 1. The summed E-state index contributed by atoms with van der Waals surface area (Å²) < 4.78 is 85.4. The van der Waals surface area contributed by atoms with Gasteiger partial charge in [0.05, 0.1) is 11.7 Å². The van der Waals surface area contributed by atoms with Gasteiger partial charge in [-0.1, -0.05) is 31.0 Å². The van der Waals surface area contributed by atoms with E-state index < -0.39 is 35.3 Å². The van der Waals surface area contributed by atoms with E-state index >= 15 is 0 Å². The van der Waals surface area contributed by atoms with Crippen LogP contribution in [0.3, 0.4) is 0 Å². The molecule has 1 saturated heterocycles. The molecule has 1 aromatic carbocycles. The quantitative estimate of drug-likeness (QED) is 0.503. The molecule has 38 heavy (non-hydrogen) atoms. The lowest BCUT2D eigenvalue weighted by atomic mass is 9.91. The van der Waals surface area contributed by atoms with Crippen LogP contribution < -0.4 is 5.32 Å². The summed E-state index contributed by atoms with van der Waals surface area (Å²) in [7, 11) is 1.70. The summed E-state index contributed by atoms with van der Waals surface area (Å²) in [6, 6.07) is 5.80. The number of alkyl halides is 6. The summed E-state index contributed by atoms with van der Waals surface area (Å²) in [6.07, 6.45) is -4.19. The van der Waals surface area contributed by atoms with Crippen molar-refractivity contribution in [3.05, 3.63) is 58.7 Å². The largest absolute Gasteiger partial charge is 0.451 e. The molecule has 2 aliphatic rings. The molecule has 1 aromatic heterocycles. The van der Waals surface area contributed by atoms with Crippen LogP contribution in [0.25, 0.3) is 0 Å². The number of hydrogen-bond acceptors (Lipinski definition) is 5. The minimum atomic E-state index is -4.92. The zero-order valence-corrected chi connectivity index (χ0v) is 20.9. The Morgan fingerprint density at radius 3 is 2.37 bits per heavy atom. The molecule has 2 atom stereocenters. The van der Waals surface area contributed by atoms with Gasteiger partial charge in [0.15, 0.2) is 0 Å². The summed E-state index contributed by atoms with van der Waals surface area (Å²) in [4.78, 5) is 21.6. The van der Waals surface area contributed by atoms with Gasteiger partial charge in [0.1, 0.15) is 5.69 Å². The second kappa shape index (κ2) is 11.6. The highest BCUT2D eigenvalue weighted by molar-refractivity contribution is 5.92. The van der Waals surface area contributed by atoms with Crippen molar-refractivity contribution in [1.82, 2.24) is 20.2 Å². The number of methoxy groups -OCH3 is 1. The molecule has 0 radical (unpaired) electrons. The normalized spacial score (nSPS) is 21.5. The Morgan fingerprint density at radius 1 is 1.00 bits per heavy atom. The molecule has 1 aliphatic carbocycles. The highest BCUT2D eigenvalue weighted by Gasteiger charge is 2.37. The number of piperidine rings is 1. The molecule has 1 amide bonds. The van der Waals surface area contributed by atoms with E-state index in [9.17, 15) is 31.1 Å². The molecule has 1 saturated carbocycles. The van der Waals surface area contributed by atoms with Crippen molar-refractivity contribution < 1.29 is 35.9 Å². The molecule has 4 rings (SSSR count). The number of carbonyl (C=O) groups is 1. The lowest BCUT2D eigenvalue weighted by molar-refractivity contribution is -0.145. The lowest BCUT2D eigenvalue weighted by Crippen LogP contribution is -2.52. The number of likely N-dealkylation sites (tertiary alicyclic amines) is 1. The molecule has 1 aliphatic heterocycles. The third kappa shape index (κ3) is 7.02. The van der Waals surface area contributed by atoms with Crippen LogP contribution in [0, 0.1) is 0 Å². The highest BCUT2D eigenvalue weighted by Crippen LogP contribution is 2.31. The first kappa shape index (κ1) is 28.3. The van der Waals surface area contributed by atoms with Gasteiger partial charge in [-0.05, 0) is 43.4 Å². The Morgan fingerprint density at radius 2 is 1.71 bits per heavy atom. The van der Waals surface area contributed by atoms with Crippen molar-refractivity contribution in [1.29, 1.82) is 0 Å². The van der Waals surface area contributed by atoms with Gasteiger partial charge >= 0.3 is 12.4 Å². The third-order valence-electron chi connectivity index (χ3n) is 7.13. The van der Waals surface area contributed by atoms with Crippen LogP contribution >= 0.6 is 0 Å². The number of carbonyl (C=O) groups excluding carboxylic acids is 1. The fourth-order valence-corrected chi connectivity index (χ4v) is 5.17. The summed E-state index contributed by atoms with van der Waals surface area (Å²) in [6.45, 7) is 0.685. The molecule has 0 bridgehead atoms. The highest BCUT2D eigenvalue weighted by atomic mass is 19.4. The molecule has 0 spiro atoms. The average Bonchev–Trinajstić information content (AvgIpc) is 2.88. The lowest BCUT2D eigenvalue weighted by Gasteiger charge is -2.38. The van der Waals surface area contributed by atoms with Gasteiger partial charge in [-0.3, -0.25) is 4.79 Å². The predicted octanol–water partition coefficient (Wildman–Crippen LogP) is 5.26. The summed E-state index contributed by atoms with van der Waals surface area (Å²) in [5.74, 6) is -2.15. The van der Waals surface area contributed by atoms with E-state index in [0.29, 0.717) is 25.9 Å². The first-order valence-electron chi connectivity index (χ1n) is 12.6. The summed E-state index contributed by atoms with van der Waals surface area (Å²) in [5.41, 5.74) is -1.41. The van der Waals surface area contributed by atoms with Crippen LogP contribution in [0.1, 0.15) is 71.7 Å². The Labute approximate surface area is 216 Å². The number of aromatic nitrogens is 2. The van der Waals surface area contributed by atoms with E-state index in [1.165, 1.54) is 17.0 Å². The minimum absolute atomic E-state index is 0.119. The van der Waals surface area contributed by atoms with Crippen LogP contribution in [0.15, 0.2) is 30.3 Å². The molecule has 2 fully saturated rings. The molecule has 2 aromatic rings. The van der Waals surface area contributed by atoms with E-state index in [2.05, 4.69) is 15.3 Å². The minimum Gasteiger partial charge on any atom is -0.380 e. The molecule has 6 nitrogen and oxygen atoms in total. The van der Waals surface area contributed by atoms with Crippen molar-refractivity contribution in [3.8, 4) is 0 Å². The van der Waals surface area contributed by atoms with Gasteiger partial charge in [-0.25, -0.2) is 9.97 Å². The van der Waals surface area contributed by atoms with Crippen molar-refractivity contribution in [3.63, 3.8) is 0 Å². The maximum atomic E-state index is 13.5. The fraction of sp³-hybridized carbons (Fsp3) is 0.577. The second-order valence-electron chi connectivity index (χ2n) is 9.84. The second-order valence-corrected chi connectivity index (χ2v) is 9.84. The third-order valence-corrected chi connectivity index (χ3v) is 7.13. The zero-order chi connectivity index (χ0) is 27.5.